The van der Waals surface area contributed by atoms with Crippen LogP contribution >= 0.6 is 22.6 Å². The van der Waals surface area contributed by atoms with Crippen LogP contribution < -0.4 is 14.8 Å². The Hall–Kier alpha value is -2.54. The largest absolute Gasteiger partial charge is 0.493 e. The monoisotopic (exact) mass is 501 g/mol. The molecule has 0 saturated carbocycles. The highest BCUT2D eigenvalue weighted by Crippen LogP contribution is 2.35. The molecule has 150 valence electrons. The average molecular weight is 501 g/mol. The Morgan fingerprint density at radius 2 is 1.66 bits per heavy atom. The lowest BCUT2D eigenvalue weighted by molar-refractivity contribution is 0.102. The average Bonchev–Trinajstić information content (AvgIpc) is 2.70. The van der Waals surface area contributed by atoms with Gasteiger partial charge in [0, 0.05) is 11.3 Å². The Morgan fingerprint density at radius 3 is 2.34 bits per heavy atom. The minimum Gasteiger partial charge on any atom is -0.493 e. The second-order valence-corrected chi connectivity index (χ2v) is 8.20. The number of anilines is 1. The van der Waals surface area contributed by atoms with Crippen molar-refractivity contribution in [1.29, 1.82) is 0 Å². The summed E-state index contributed by atoms with van der Waals surface area (Å²) in [6.45, 7) is 6.46. The van der Waals surface area contributed by atoms with E-state index in [1.807, 2.05) is 50.2 Å². The van der Waals surface area contributed by atoms with E-state index in [0.29, 0.717) is 23.7 Å². The molecule has 3 rings (SSSR count). The zero-order valence-corrected chi connectivity index (χ0v) is 19.2. The third-order valence-corrected chi connectivity index (χ3v) is 5.44. The highest BCUT2D eigenvalue weighted by atomic mass is 127. The van der Waals surface area contributed by atoms with Crippen LogP contribution in [0.3, 0.4) is 0 Å². The molecular weight excluding hydrogens is 477 g/mol. The highest BCUT2D eigenvalue weighted by Gasteiger charge is 2.16. The number of carbonyl (C=O) groups is 1. The smallest absolute Gasteiger partial charge is 0.255 e. The van der Waals surface area contributed by atoms with Gasteiger partial charge >= 0.3 is 0 Å². The maximum absolute atomic E-state index is 12.8. The van der Waals surface area contributed by atoms with Crippen LogP contribution in [-0.2, 0) is 6.61 Å². The normalized spacial score (nSPS) is 10.5. The quantitative estimate of drug-likeness (QED) is 0.418. The van der Waals surface area contributed by atoms with Crippen molar-refractivity contribution in [3.05, 3.63) is 86.0 Å². The molecule has 5 heteroatoms. The minimum absolute atomic E-state index is 0.181. The summed E-state index contributed by atoms with van der Waals surface area (Å²) in [5.74, 6) is 0.993. The SMILES string of the molecule is COc1cc(C(=O)Nc2cc(C)ccc2C)cc(I)c1OCc1ccc(C)cc1. The summed E-state index contributed by atoms with van der Waals surface area (Å²) >= 11 is 2.17. The number of aryl methyl sites for hydroxylation is 3. The Bertz CT molecular complexity index is 1030. The zero-order chi connectivity index (χ0) is 21.0. The van der Waals surface area contributed by atoms with Gasteiger partial charge in [-0.2, -0.15) is 0 Å². The predicted octanol–water partition coefficient (Wildman–Crippen LogP) is 6.06. The number of halogens is 1. The van der Waals surface area contributed by atoms with Crippen molar-refractivity contribution in [2.75, 3.05) is 12.4 Å². The second-order valence-electron chi connectivity index (χ2n) is 7.04. The number of amides is 1. The molecule has 29 heavy (non-hydrogen) atoms. The van der Waals surface area contributed by atoms with Gasteiger partial charge in [0.05, 0.1) is 10.7 Å². The molecule has 0 aliphatic carbocycles. The van der Waals surface area contributed by atoms with Gasteiger partial charge in [-0.05, 0) is 78.3 Å². The highest BCUT2D eigenvalue weighted by molar-refractivity contribution is 14.1. The van der Waals surface area contributed by atoms with Crippen molar-refractivity contribution in [1.82, 2.24) is 0 Å². The zero-order valence-electron chi connectivity index (χ0n) is 17.0. The summed E-state index contributed by atoms with van der Waals surface area (Å²) in [5.41, 5.74) is 5.73. The van der Waals surface area contributed by atoms with Crippen molar-refractivity contribution >= 4 is 34.2 Å². The Kier molecular flexibility index (Phi) is 6.79. The Morgan fingerprint density at radius 1 is 0.966 bits per heavy atom. The van der Waals surface area contributed by atoms with Gasteiger partial charge in [0.2, 0.25) is 0 Å². The van der Waals surface area contributed by atoms with Crippen molar-refractivity contribution < 1.29 is 14.3 Å². The molecule has 0 spiro atoms. The summed E-state index contributed by atoms with van der Waals surface area (Å²) in [4.78, 5) is 12.8. The Balaban J connectivity index is 1.80. The number of nitrogens with one attached hydrogen (secondary N) is 1. The summed E-state index contributed by atoms with van der Waals surface area (Å²) in [6.07, 6.45) is 0. The van der Waals surface area contributed by atoms with Crippen molar-refractivity contribution in [3.8, 4) is 11.5 Å². The minimum atomic E-state index is -0.181. The number of carbonyl (C=O) groups excluding carboxylic acids is 1. The summed E-state index contributed by atoms with van der Waals surface area (Å²) in [7, 11) is 1.58. The van der Waals surface area contributed by atoms with Crippen LogP contribution in [0.2, 0.25) is 0 Å². The predicted molar refractivity (Wildman–Crippen MR) is 125 cm³/mol. The maximum atomic E-state index is 12.8. The van der Waals surface area contributed by atoms with Gasteiger partial charge in [0.25, 0.3) is 5.91 Å². The third kappa shape index (κ3) is 5.29. The van der Waals surface area contributed by atoms with E-state index in [1.54, 1.807) is 13.2 Å². The standard InChI is InChI=1S/C24H24INO3/c1-15-6-9-18(10-7-15)14-29-23-20(25)12-19(13-22(23)28-4)24(27)26-21-11-16(2)5-8-17(21)3/h5-13H,14H2,1-4H3,(H,26,27). The van der Waals surface area contributed by atoms with Crippen LogP contribution in [-0.4, -0.2) is 13.0 Å². The first-order valence-electron chi connectivity index (χ1n) is 9.32. The molecule has 0 bridgehead atoms. The lowest BCUT2D eigenvalue weighted by Gasteiger charge is -2.15. The van der Waals surface area contributed by atoms with E-state index in [9.17, 15) is 4.79 Å². The lowest BCUT2D eigenvalue weighted by atomic mass is 10.1. The van der Waals surface area contributed by atoms with Gasteiger partial charge in [0.15, 0.2) is 11.5 Å². The fraction of sp³-hybridized carbons (Fsp3) is 0.208. The van der Waals surface area contributed by atoms with Crippen molar-refractivity contribution in [2.24, 2.45) is 0 Å². The fourth-order valence-corrected chi connectivity index (χ4v) is 3.65. The van der Waals surface area contributed by atoms with Crippen LogP contribution in [0.25, 0.3) is 0 Å². The molecule has 3 aromatic rings. The van der Waals surface area contributed by atoms with Gasteiger partial charge in [-0.25, -0.2) is 0 Å². The number of ether oxygens (including phenoxy) is 2. The molecule has 1 N–H and O–H groups in total. The van der Waals surface area contributed by atoms with Crippen molar-refractivity contribution in [2.45, 2.75) is 27.4 Å². The van der Waals surface area contributed by atoms with E-state index in [2.05, 4.69) is 47.0 Å². The fourth-order valence-electron chi connectivity index (χ4n) is 2.90. The second kappa shape index (κ2) is 9.31. The van der Waals surface area contributed by atoms with Gasteiger partial charge in [-0.1, -0.05) is 42.0 Å². The molecule has 0 aromatic heterocycles. The molecule has 0 heterocycles. The van der Waals surface area contributed by atoms with E-state index in [-0.39, 0.29) is 5.91 Å². The van der Waals surface area contributed by atoms with Gasteiger partial charge in [0.1, 0.15) is 6.61 Å². The molecule has 3 aromatic carbocycles. The van der Waals surface area contributed by atoms with Crippen LogP contribution in [0.4, 0.5) is 5.69 Å². The third-order valence-electron chi connectivity index (χ3n) is 4.64. The van der Waals surface area contributed by atoms with Crippen LogP contribution in [0.15, 0.2) is 54.6 Å². The maximum Gasteiger partial charge on any atom is 0.255 e. The first-order chi connectivity index (χ1) is 13.9. The first kappa shape index (κ1) is 21.2. The van der Waals surface area contributed by atoms with Crippen LogP contribution in [0.5, 0.6) is 11.5 Å². The molecule has 0 unspecified atom stereocenters. The summed E-state index contributed by atoms with van der Waals surface area (Å²) in [5, 5.41) is 2.99. The van der Waals surface area contributed by atoms with E-state index >= 15 is 0 Å². The number of rotatable bonds is 6. The van der Waals surface area contributed by atoms with Crippen LogP contribution in [0, 0.1) is 24.3 Å². The van der Waals surface area contributed by atoms with Gasteiger partial charge in [-0.15, -0.1) is 0 Å². The molecule has 0 aliphatic heterocycles. The molecule has 0 aliphatic rings. The molecule has 1 amide bonds. The lowest BCUT2D eigenvalue weighted by Crippen LogP contribution is -2.14. The van der Waals surface area contributed by atoms with E-state index < -0.39 is 0 Å². The number of hydrogen-bond acceptors (Lipinski definition) is 3. The summed E-state index contributed by atoms with van der Waals surface area (Å²) in [6, 6.07) is 17.7. The summed E-state index contributed by atoms with van der Waals surface area (Å²) < 4.78 is 12.3. The topological polar surface area (TPSA) is 47.6 Å². The van der Waals surface area contributed by atoms with E-state index in [1.165, 1.54) is 5.56 Å². The molecule has 4 nitrogen and oxygen atoms in total. The van der Waals surface area contributed by atoms with E-state index in [0.717, 1.165) is 25.9 Å². The van der Waals surface area contributed by atoms with Gasteiger partial charge < -0.3 is 14.8 Å². The van der Waals surface area contributed by atoms with Crippen LogP contribution in [0.1, 0.15) is 32.6 Å². The molecule has 0 fully saturated rings. The molecular formula is C24H24INO3. The first-order valence-corrected chi connectivity index (χ1v) is 10.4. The van der Waals surface area contributed by atoms with E-state index in [4.69, 9.17) is 9.47 Å². The number of methoxy groups -OCH3 is 1. The van der Waals surface area contributed by atoms with Crippen molar-refractivity contribution in [3.63, 3.8) is 0 Å². The number of hydrogen-bond donors (Lipinski definition) is 1. The Labute approximate surface area is 185 Å². The molecule has 0 radical (unpaired) electrons. The van der Waals surface area contributed by atoms with Gasteiger partial charge in [-0.3, -0.25) is 4.79 Å². The number of benzene rings is 3. The molecule has 0 saturated heterocycles. The molecule has 0 atom stereocenters.